The average molecular weight is 346 g/mol. The molecule has 3 aromatic rings. The van der Waals surface area contributed by atoms with Crippen molar-refractivity contribution in [2.45, 2.75) is 19.4 Å². The first kappa shape index (κ1) is 16.7. The van der Waals surface area contributed by atoms with Crippen molar-refractivity contribution in [1.82, 2.24) is 14.9 Å². The van der Waals surface area contributed by atoms with Crippen LogP contribution in [-0.4, -0.2) is 33.9 Å². The van der Waals surface area contributed by atoms with Gasteiger partial charge in [-0.25, -0.2) is 0 Å². The lowest BCUT2D eigenvalue weighted by Crippen LogP contribution is -2.37. The number of nitrogens with one attached hydrogen (secondary N) is 1. The van der Waals surface area contributed by atoms with Crippen LogP contribution in [0, 0.1) is 5.92 Å². The molecular formula is C21H22N4O. The highest BCUT2D eigenvalue weighted by atomic mass is 16.1. The zero-order valence-electron chi connectivity index (χ0n) is 14.6. The topological polar surface area (TPSA) is 58.1 Å². The van der Waals surface area contributed by atoms with Crippen molar-refractivity contribution >= 4 is 22.6 Å². The number of hydrogen-bond donors (Lipinski definition) is 1. The highest BCUT2D eigenvalue weighted by Gasteiger charge is 2.25. The molecule has 0 radical (unpaired) electrons. The van der Waals surface area contributed by atoms with Gasteiger partial charge in [0.2, 0.25) is 5.91 Å². The highest BCUT2D eigenvalue weighted by molar-refractivity contribution is 5.94. The van der Waals surface area contributed by atoms with E-state index in [2.05, 4.69) is 44.5 Å². The van der Waals surface area contributed by atoms with Crippen molar-refractivity contribution in [3.05, 3.63) is 66.5 Å². The van der Waals surface area contributed by atoms with Gasteiger partial charge in [-0.05, 0) is 49.7 Å². The molecule has 26 heavy (non-hydrogen) atoms. The molecule has 0 atom stereocenters. The Morgan fingerprint density at radius 2 is 1.73 bits per heavy atom. The smallest absolute Gasteiger partial charge is 0.227 e. The molecule has 1 aliphatic rings. The van der Waals surface area contributed by atoms with Crippen LogP contribution in [0.4, 0.5) is 5.69 Å². The Morgan fingerprint density at radius 3 is 2.50 bits per heavy atom. The second-order valence-electron chi connectivity index (χ2n) is 6.79. The fraction of sp³-hybridized carbons (Fsp3) is 0.286. The quantitative estimate of drug-likeness (QED) is 0.786. The first-order chi connectivity index (χ1) is 12.8. The second kappa shape index (κ2) is 7.62. The average Bonchev–Trinajstić information content (AvgIpc) is 2.69. The van der Waals surface area contributed by atoms with Crippen molar-refractivity contribution in [1.29, 1.82) is 0 Å². The third kappa shape index (κ3) is 3.89. The van der Waals surface area contributed by atoms with E-state index in [-0.39, 0.29) is 11.8 Å². The van der Waals surface area contributed by atoms with Crippen molar-refractivity contribution in [2.24, 2.45) is 5.92 Å². The van der Waals surface area contributed by atoms with E-state index in [4.69, 9.17) is 0 Å². The van der Waals surface area contributed by atoms with Crippen LogP contribution in [0.2, 0.25) is 0 Å². The first-order valence-corrected chi connectivity index (χ1v) is 9.06. The molecule has 132 valence electrons. The van der Waals surface area contributed by atoms with Crippen LogP contribution in [0.1, 0.15) is 18.4 Å². The predicted molar refractivity (Wildman–Crippen MR) is 103 cm³/mol. The summed E-state index contributed by atoms with van der Waals surface area (Å²) in [5.41, 5.74) is 3.74. The molecule has 1 N–H and O–H groups in total. The Kier molecular flexibility index (Phi) is 4.88. The van der Waals surface area contributed by atoms with Gasteiger partial charge in [0.15, 0.2) is 0 Å². The molecule has 1 fully saturated rings. The van der Waals surface area contributed by atoms with Gasteiger partial charge in [-0.3, -0.25) is 19.7 Å². The van der Waals surface area contributed by atoms with E-state index in [1.165, 1.54) is 5.56 Å². The molecule has 1 aliphatic heterocycles. The lowest BCUT2D eigenvalue weighted by molar-refractivity contribution is -0.121. The van der Waals surface area contributed by atoms with Gasteiger partial charge in [-0.1, -0.05) is 30.3 Å². The zero-order valence-corrected chi connectivity index (χ0v) is 14.6. The van der Waals surface area contributed by atoms with Gasteiger partial charge in [0, 0.05) is 30.5 Å². The van der Waals surface area contributed by atoms with Crippen LogP contribution >= 0.6 is 0 Å². The number of aromatic nitrogens is 2. The van der Waals surface area contributed by atoms with E-state index >= 15 is 0 Å². The molecule has 0 saturated carbocycles. The Bertz CT molecular complexity index is 889. The number of nitrogens with zero attached hydrogens (tertiary/aromatic N) is 3. The van der Waals surface area contributed by atoms with Crippen LogP contribution in [0.5, 0.6) is 0 Å². The van der Waals surface area contributed by atoms with Gasteiger partial charge < -0.3 is 5.32 Å². The molecule has 0 aliphatic carbocycles. The van der Waals surface area contributed by atoms with E-state index in [1.54, 1.807) is 12.4 Å². The van der Waals surface area contributed by atoms with Gasteiger partial charge in [0.25, 0.3) is 0 Å². The van der Waals surface area contributed by atoms with Crippen LogP contribution in [0.15, 0.2) is 60.9 Å². The number of fused-ring (bicyclic) bond motifs is 1. The van der Waals surface area contributed by atoms with Crippen LogP contribution in [0.25, 0.3) is 11.0 Å². The number of piperidine rings is 1. The number of carbonyl (C=O) groups is 1. The van der Waals surface area contributed by atoms with Crippen molar-refractivity contribution in [3.63, 3.8) is 0 Å². The Morgan fingerprint density at radius 1 is 1.00 bits per heavy atom. The van der Waals surface area contributed by atoms with Gasteiger partial charge in [-0.15, -0.1) is 0 Å². The number of hydrogen-bond acceptors (Lipinski definition) is 4. The Labute approximate surface area is 153 Å². The molecule has 4 rings (SSSR count). The van der Waals surface area contributed by atoms with Crippen molar-refractivity contribution in [3.8, 4) is 0 Å². The fourth-order valence-corrected chi connectivity index (χ4v) is 3.48. The summed E-state index contributed by atoms with van der Waals surface area (Å²) < 4.78 is 0. The molecule has 1 amide bonds. The van der Waals surface area contributed by atoms with Gasteiger partial charge in [0.05, 0.1) is 11.0 Å². The number of likely N-dealkylation sites (tertiary alicyclic amines) is 1. The van der Waals surface area contributed by atoms with Gasteiger partial charge >= 0.3 is 0 Å². The maximum absolute atomic E-state index is 12.6. The SMILES string of the molecule is O=C(Nc1ccc2nccnc2c1)C1CCN(Cc2ccccc2)CC1. The molecular weight excluding hydrogens is 324 g/mol. The first-order valence-electron chi connectivity index (χ1n) is 9.06. The van der Waals surface area contributed by atoms with Crippen LogP contribution in [0.3, 0.4) is 0 Å². The van der Waals surface area contributed by atoms with E-state index < -0.39 is 0 Å². The minimum absolute atomic E-state index is 0.0691. The maximum Gasteiger partial charge on any atom is 0.227 e. The summed E-state index contributed by atoms with van der Waals surface area (Å²) in [6.45, 7) is 2.87. The lowest BCUT2D eigenvalue weighted by atomic mass is 9.95. The van der Waals surface area contributed by atoms with Crippen LogP contribution < -0.4 is 5.32 Å². The lowest BCUT2D eigenvalue weighted by Gasteiger charge is -2.31. The number of benzene rings is 2. The molecule has 2 heterocycles. The van der Waals surface area contributed by atoms with Crippen molar-refractivity contribution in [2.75, 3.05) is 18.4 Å². The third-order valence-corrected chi connectivity index (χ3v) is 4.94. The minimum Gasteiger partial charge on any atom is -0.326 e. The maximum atomic E-state index is 12.6. The summed E-state index contributed by atoms with van der Waals surface area (Å²) in [5, 5.41) is 3.04. The zero-order chi connectivity index (χ0) is 17.8. The van der Waals surface area contributed by atoms with E-state index in [1.807, 2.05) is 24.3 Å². The Hall–Kier alpha value is -2.79. The van der Waals surface area contributed by atoms with Gasteiger partial charge in [-0.2, -0.15) is 0 Å². The van der Waals surface area contributed by atoms with E-state index in [9.17, 15) is 4.79 Å². The summed E-state index contributed by atoms with van der Waals surface area (Å²) in [7, 11) is 0. The second-order valence-corrected chi connectivity index (χ2v) is 6.79. The normalized spacial score (nSPS) is 15.8. The highest BCUT2D eigenvalue weighted by Crippen LogP contribution is 2.22. The summed E-state index contributed by atoms with van der Waals surface area (Å²) in [5.74, 6) is 0.173. The summed E-state index contributed by atoms with van der Waals surface area (Å²) in [6, 6.07) is 16.2. The summed E-state index contributed by atoms with van der Waals surface area (Å²) in [6.07, 6.45) is 5.12. The molecule has 0 spiro atoms. The summed E-state index contributed by atoms with van der Waals surface area (Å²) >= 11 is 0. The number of rotatable bonds is 4. The molecule has 1 saturated heterocycles. The largest absolute Gasteiger partial charge is 0.326 e. The molecule has 2 aromatic carbocycles. The molecule has 1 aromatic heterocycles. The third-order valence-electron chi connectivity index (χ3n) is 4.94. The Balaban J connectivity index is 1.33. The monoisotopic (exact) mass is 346 g/mol. The van der Waals surface area contributed by atoms with Crippen molar-refractivity contribution < 1.29 is 4.79 Å². The van der Waals surface area contributed by atoms with Gasteiger partial charge in [0.1, 0.15) is 0 Å². The molecule has 0 bridgehead atoms. The number of anilines is 1. The predicted octanol–water partition coefficient (Wildman–Crippen LogP) is 3.48. The molecule has 5 nitrogen and oxygen atoms in total. The fourth-order valence-electron chi connectivity index (χ4n) is 3.48. The number of carbonyl (C=O) groups excluding carboxylic acids is 1. The summed E-state index contributed by atoms with van der Waals surface area (Å²) in [4.78, 5) is 23.6. The molecule has 5 heteroatoms. The van der Waals surface area contributed by atoms with E-state index in [0.29, 0.717) is 0 Å². The van der Waals surface area contributed by atoms with Crippen LogP contribution in [-0.2, 0) is 11.3 Å². The minimum atomic E-state index is 0.0691. The molecule has 0 unspecified atom stereocenters. The number of amides is 1. The van der Waals surface area contributed by atoms with E-state index in [0.717, 1.165) is 49.2 Å². The standard InChI is InChI=1S/C21H22N4O/c26-21(24-18-6-7-19-20(14-18)23-11-10-22-19)17-8-12-25(13-9-17)15-16-4-2-1-3-5-16/h1-7,10-11,14,17H,8-9,12-13,15H2,(H,24,26).